The van der Waals surface area contributed by atoms with Crippen molar-refractivity contribution < 1.29 is 4.79 Å². The van der Waals surface area contributed by atoms with Gasteiger partial charge in [0.15, 0.2) is 0 Å². The Morgan fingerprint density at radius 2 is 1.77 bits per heavy atom. The number of nitrogens with one attached hydrogen (secondary N) is 1. The number of hydrogen-bond acceptors (Lipinski definition) is 3. The Morgan fingerprint density at radius 1 is 1.10 bits per heavy atom. The first kappa shape index (κ1) is 22.6. The third kappa shape index (κ3) is 5.74. The largest absolute Gasteiger partial charge is 0.273 e. The van der Waals surface area contributed by atoms with Gasteiger partial charge < -0.3 is 0 Å². The van der Waals surface area contributed by atoms with E-state index in [9.17, 15) is 10.1 Å². The van der Waals surface area contributed by atoms with Gasteiger partial charge >= 0.3 is 0 Å². The van der Waals surface area contributed by atoms with Gasteiger partial charge in [-0.15, -0.1) is 0 Å². The summed E-state index contributed by atoms with van der Waals surface area (Å²) in [4.78, 5) is 12.3. The van der Waals surface area contributed by atoms with Gasteiger partial charge in [-0.05, 0) is 59.5 Å². The Balaban J connectivity index is 1.91. The maximum absolute atomic E-state index is 12.3. The van der Waals surface area contributed by atoms with Crippen molar-refractivity contribution in [3.8, 4) is 6.07 Å². The number of carbonyl (C=O) groups is 1. The maximum Gasteiger partial charge on any atom is 0.238 e. The molecule has 0 aliphatic carbocycles. The first-order chi connectivity index (χ1) is 14.9. The Labute approximate surface area is 192 Å². The maximum atomic E-state index is 12.3. The number of benzene rings is 3. The van der Waals surface area contributed by atoms with Crippen molar-refractivity contribution in [3.05, 3.63) is 99.0 Å². The minimum absolute atomic E-state index is 0.159. The lowest BCUT2D eigenvalue weighted by molar-refractivity contribution is -0.117. The second kappa shape index (κ2) is 10.3. The molecule has 0 saturated carbocycles. The first-order valence-electron chi connectivity index (χ1n) is 9.65. The lowest BCUT2D eigenvalue weighted by Gasteiger charge is -2.23. The molecule has 31 heavy (non-hydrogen) atoms. The molecule has 156 valence electrons. The molecule has 3 rings (SSSR count). The topological polar surface area (TPSA) is 56.1 Å². The van der Waals surface area contributed by atoms with Crippen LogP contribution in [0.5, 0.6) is 0 Å². The summed E-state index contributed by atoms with van der Waals surface area (Å²) < 4.78 is 0. The smallest absolute Gasteiger partial charge is 0.238 e. The van der Waals surface area contributed by atoms with E-state index in [0.29, 0.717) is 27.9 Å². The van der Waals surface area contributed by atoms with Crippen LogP contribution in [0, 0.1) is 18.3 Å². The molecule has 1 N–H and O–H groups in total. The fourth-order valence-corrected chi connectivity index (χ4v) is 3.60. The second-order valence-electron chi connectivity index (χ2n) is 7.01. The van der Waals surface area contributed by atoms with E-state index < -0.39 is 0 Å². The van der Waals surface area contributed by atoms with Gasteiger partial charge in [-0.1, -0.05) is 65.7 Å². The molecular formula is C25H21Cl2N3O. The molecule has 4 nitrogen and oxygen atoms in total. The SMILES string of the molecule is CC(=O)N(NCc1ccccc1)c1cc(C)c(C=C(C#N)c2ccc(Cl)cc2)c(Cl)c1. The molecule has 0 aliphatic heterocycles. The zero-order valence-electron chi connectivity index (χ0n) is 17.2. The molecule has 0 saturated heterocycles. The van der Waals surface area contributed by atoms with Gasteiger partial charge in [0.25, 0.3) is 0 Å². The van der Waals surface area contributed by atoms with Gasteiger partial charge in [0.2, 0.25) is 5.91 Å². The standard InChI is InChI=1S/C25H21Cl2N3O/c1-17-12-23(30(18(2)31)29-16-19-6-4-3-5-7-19)14-25(27)24(17)13-21(15-28)20-8-10-22(26)11-9-20/h3-14,29H,16H2,1-2H3. The van der Waals surface area contributed by atoms with Gasteiger partial charge in [0.05, 0.1) is 22.4 Å². The molecule has 0 radical (unpaired) electrons. The van der Waals surface area contributed by atoms with Gasteiger partial charge in [-0.25, -0.2) is 10.4 Å². The summed E-state index contributed by atoms with van der Waals surface area (Å²) in [6, 6.07) is 22.7. The van der Waals surface area contributed by atoms with Crippen LogP contribution in [0.1, 0.15) is 29.2 Å². The van der Waals surface area contributed by atoms with Crippen LogP contribution in [0.15, 0.2) is 66.7 Å². The highest BCUT2D eigenvalue weighted by Gasteiger charge is 2.15. The number of nitrogens with zero attached hydrogens (tertiary/aromatic N) is 2. The van der Waals surface area contributed by atoms with E-state index >= 15 is 0 Å². The van der Waals surface area contributed by atoms with E-state index in [1.54, 1.807) is 36.4 Å². The molecule has 0 heterocycles. The number of rotatable bonds is 6. The van der Waals surface area contributed by atoms with Crippen molar-refractivity contribution in [1.29, 1.82) is 5.26 Å². The van der Waals surface area contributed by atoms with E-state index in [1.165, 1.54) is 11.9 Å². The fraction of sp³-hybridized carbons (Fsp3) is 0.120. The number of amides is 1. The molecule has 0 atom stereocenters. The number of nitriles is 1. The number of aryl methyl sites for hydroxylation is 1. The van der Waals surface area contributed by atoms with Crippen LogP contribution < -0.4 is 10.4 Å². The number of hydrogen-bond donors (Lipinski definition) is 1. The molecule has 0 spiro atoms. The number of allylic oxidation sites excluding steroid dienone is 1. The summed E-state index contributed by atoms with van der Waals surface area (Å²) in [6.45, 7) is 3.88. The van der Waals surface area contributed by atoms with Crippen LogP contribution >= 0.6 is 23.2 Å². The normalized spacial score (nSPS) is 11.1. The average Bonchev–Trinajstić information content (AvgIpc) is 2.75. The van der Waals surface area contributed by atoms with Crippen molar-refractivity contribution in [2.24, 2.45) is 0 Å². The quantitative estimate of drug-likeness (QED) is 0.268. The first-order valence-corrected chi connectivity index (χ1v) is 10.4. The van der Waals surface area contributed by atoms with Crippen LogP contribution in [0.3, 0.4) is 0 Å². The predicted molar refractivity (Wildman–Crippen MR) is 128 cm³/mol. The molecule has 0 bridgehead atoms. The summed E-state index contributed by atoms with van der Waals surface area (Å²) >= 11 is 12.5. The molecule has 3 aromatic rings. The summed E-state index contributed by atoms with van der Waals surface area (Å²) in [5, 5.41) is 12.2. The van der Waals surface area contributed by atoms with E-state index in [1.807, 2.05) is 43.3 Å². The average molecular weight is 450 g/mol. The van der Waals surface area contributed by atoms with Crippen LogP contribution in [-0.2, 0) is 11.3 Å². The van der Waals surface area contributed by atoms with Crippen LogP contribution in [-0.4, -0.2) is 5.91 Å². The lowest BCUT2D eigenvalue weighted by Crippen LogP contribution is -2.41. The highest BCUT2D eigenvalue weighted by atomic mass is 35.5. The summed E-state index contributed by atoms with van der Waals surface area (Å²) in [6.07, 6.45) is 1.75. The molecule has 1 amide bonds. The third-order valence-electron chi connectivity index (χ3n) is 4.74. The van der Waals surface area contributed by atoms with Crippen molar-refractivity contribution >= 4 is 46.4 Å². The molecular weight excluding hydrogens is 429 g/mol. The third-order valence-corrected chi connectivity index (χ3v) is 5.31. The Kier molecular flexibility index (Phi) is 7.49. The Hall–Kier alpha value is -3.10. The summed E-state index contributed by atoms with van der Waals surface area (Å²) in [7, 11) is 0. The Morgan fingerprint density at radius 3 is 2.35 bits per heavy atom. The molecule has 6 heteroatoms. The monoisotopic (exact) mass is 449 g/mol. The minimum Gasteiger partial charge on any atom is -0.273 e. The molecule has 0 unspecified atom stereocenters. The summed E-state index contributed by atoms with van der Waals surface area (Å²) in [5.41, 5.74) is 7.63. The van der Waals surface area contributed by atoms with Gasteiger partial charge in [0, 0.05) is 18.5 Å². The number of anilines is 1. The van der Waals surface area contributed by atoms with E-state index in [4.69, 9.17) is 23.2 Å². The van der Waals surface area contributed by atoms with Gasteiger partial charge in [0.1, 0.15) is 0 Å². The number of halogens is 2. The molecule has 0 aromatic heterocycles. The zero-order valence-corrected chi connectivity index (χ0v) is 18.7. The highest BCUT2D eigenvalue weighted by molar-refractivity contribution is 6.33. The van der Waals surface area contributed by atoms with Crippen molar-refractivity contribution in [1.82, 2.24) is 5.43 Å². The van der Waals surface area contributed by atoms with Crippen LogP contribution in [0.4, 0.5) is 5.69 Å². The van der Waals surface area contributed by atoms with Crippen molar-refractivity contribution in [3.63, 3.8) is 0 Å². The summed E-state index contributed by atoms with van der Waals surface area (Å²) in [5.74, 6) is -0.159. The molecule has 0 fully saturated rings. The van der Waals surface area contributed by atoms with Crippen molar-refractivity contribution in [2.75, 3.05) is 5.01 Å². The second-order valence-corrected chi connectivity index (χ2v) is 7.85. The molecule has 0 aliphatic rings. The van der Waals surface area contributed by atoms with Crippen LogP contribution in [0.2, 0.25) is 10.0 Å². The molecule has 3 aromatic carbocycles. The van der Waals surface area contributed by atoms with Gasteiger partial charge in [-0.3, -0.25) is 4.79 Å². The zero-order chi connectivity index (χ0) is 22.4. The minimum atomic E-state index is -0.159. The van der Waals surface area contributed by atoms with E-state index in [2.05, 4.69) is 11.5 Å². The lowest BCUT2D eigenvalue weighted by atomic mass is 10.0. The van der Waals surface area contributed by atoms with Crippen LogP contribution in [0.25, 0.3) is 11.6 Å². The number of hydrazine groups is 1. The predicted octanol–water partition coefficient (Wildman–Crippen LogP) is 6.42. The fourth-order valence-electron chi connectivity index (χ4n) is 3.15. The highest BCUT2D eigenvalue weighted by Crippen LogP contribution is 2.30. The van der Waals surface area contributed by atoms with E-state index in [-0.39, 0.29) is 5.91 Å². The van der Waals surface area contributed by atoms with E-state index in [0.717, 1.165) is 22.3 Å². The number of carbonyl (C=O) groups excluding carboxylic acids is 1. The van der Waals surface area contributed by atoms with Crippen molar-refractivity contribution in [2.45, 2.75) is 20.4 Å². The van der Waals surface area contributed by atoms with Gasteiger partial charge in [-0.2, -0.15) is 5.26 Å². The Bertz CT molecular complexity index is 1130.